The number of carbonyl (C=O) groups excluding carboxylic acids is 2. The number of hydrogen-bond donors (Lipinski definition) is 1. The number of hydrogen-bond acceptors (Lipinski definition) is 4. The molecule has 0 unspecified atom stereocenters. The van der Waals surface area contributed by atoms with Crippen molar-refractivity contribution in [3.05, 3.63) is 70.5 Å². The van der Waals surface area contributed by atoms with Crippen molar-refractivity contribution in [2.24, 2.45) is 5.73 Å². The molecule has 0 saturated carbocycles. The lowest BCUT2D eigenvalue weighted by Gasteiger charge is -2.32. The van der Waals surface area contributed by atoms with E-state index in [-0.39, 0.29) is 5.70 Å². The topological polar surface area (TPSA) is 71.6 Å². The summed E-state index contributed by atoms with van der Waals surface area (Å²) >= 11 is 6.22. The van der Waals surface area contributed by atoms with Gasteiger partial charge in [0.05, 0.1) is 12.1 Å². The molecule has 4 rings (SSSR count). The molecule has 1 amide bonds. The molecule has 1 aromatic heterocycles. The van der Waals surface area contributed by atoms with Crippen LogP contribution in [0.25, 0.3) is 16.5 Å². The van der Waals surface area contributed by atoms with Gasteiger partial charge in [0.15, 0.2) is 6.29 Å². The highest BCUT2D eigenvalue weighted by Gasteiger charge is 2.33. The molecule has 160 valence electrons. The fourth-order valence-corrected chi connectivity index (χ4v) is 4.54. The number of amides is 1. The van der Waals surface area contributed by atoms with Crippen LogP contribution in [-0.2, 0) is 22.7 Å². The Hall–Kier alpha value is -3.09. The summed E-state index contributed by atoms with van der Waals surface area (Å²) in [6.07, 6.45) is 1.70. The van der Waals surface area contributed by atoms with Crippen molar-refractivity contribution in [3.63, 3.8) is 0 Å². The monoisotopic (exact) mass is 436 g/mol. The summed E-state index contributed by atoms with van der Waals surface area (Å²) < 4.78 is 2.26. The third-order valence-corrected chi connectivity index (χ3v) is 5.87. The Morgan fingerprint density at radius 2 is 1.97 bits per heavy atom. The van der Waals surface area contributed by atoms with Gasteiger partial charge in [-0.3, -0.25) is 9.59 Å². The second-order valence-electron chi connectivity index (χ2n) is 7.96. The van der Waals surface area contributed by atoms with Crippen molar-refractivity contribution in [1.29, 1.82) is 0 Å². The van der Waals surface area contributed by atoms with Gasteiger partial charge in [-0.25, -0.2) is 0 Å². The Bertz CT molecular complexity index is 1200. The first-order valence-corrected chi connectivity index (χ1v) is 10.6. The van der Waals surface area contributed by atoms with E-state index in [0.29, 0.717) is 17.1 Å². The van der Waals surface area contributed by atoms with Gasteiger partial charge in [0.25, 0.3) is 5.91 Å². The first kappa shape index (κ1) is 21.2. The van der Waals surface area contributed by atoms with Crippen LogP contribution in [0.5, 0.6) is 0 Å². The molecule has 1 aliphatic rings. The van der Waals surface area contributed by atoms with Crippen LogP contribution in [0.1, 0.15) is 17.7 Å². The first-order chi connectivity index (χ1) is 14.9. The number of allylic oxidation sites excluding steroid dienone is 1. The number of aromatic nitrogens is 1. The molecule has 2 aromatic carbocycles. The quantitative estimate of drug-likeness (QED) is 0.574. The van der Waals surface area contributed by atoms with Gasteiger partial charge in [0.2, 0.25) is 0 Å². The molecular formula is C24H25ClN4O2. The number of carbonyl (C=O) groups is 2. The molecule has 3 aromatic rings. The maximum Gasteiger partial charge on any atom is 0.266 e. The smallest absolute Gasteiger partial charge is 0.266 e. The third-order valence-electron chi connectivity index (χ3n) is 5.64. The number of halogens is 1. The Morgan fingerprint density at radius 1 is 1.19 bits per heavy atom. The molecule has 0 atom stereocenters. The van der Waals surface area contributed by atoms with Gasteiger partial charge < -0.3 is 20.1 Å². The van der Waals surface area contributed by atoms with Crippen molar-refractivity contribution < 1.29 is 9.59 Å². The number of anilines is 1. The number of para-hydroxylation sites is 1. The number of nitrogens with two attached hydrogens (primary N) is 1. The minimum absolute atomic E-state index is 0.195. The van der Waals surface area contributed by atoms with Crippen LogP contribution in [-0.4, -0.2) is 42.3 Å². The zero-order valence-electron chi connectivity index (χ0n) is 17.6. The third kappa shape index (κ3) is 3.84. The average molecular weight is 437 g/mol. The Kier molecular flexibility index (Phi) is 5.85. The van der Waals surface area contributed by atoms with Gasteiger partial charge in [-0.1, -0.05) is 35.9 Å². The molecule has 2 N–H and O–H groups in total. The normalized spacial score (nSPS) is 13.7. The van der Waals surface area contributed by atoms with E-state index >= 15 is 0 Å². The van der Waals surface area contributed by atoms with Crippen molar-refractivity contribution >= 4 is 46.0 Å². The number of aldehydes is 1. The van der Waals surface area contributed by atoms with E-state index in [1.54, 1.807) is 17.0 Å². The molecule has 7 heteroatoms. The highest BCUT2D eigenvalue weighted by atomic mass is 35.5. The number of rotatable bonds is 7. The summed E-state index contributed by atoms with van der Waals surface area (Å²) in [5.74, 6) is -0.642. The van der Waals surface area contributed by atoms with Crippen LogP contribution in [0.15, 0.2) is 54.2 Å². The maximum atomic E-state index is 12.5. The van der Waals surface area contributed by atoms with Gasteiger partial charge in [-0.2, -0.15) is 0 Å². The number of primary amides is 1. The van der Waals surface area contributed by atoms with Crippen LogP contribution in [0.4, 0.5) is 5.69 Å². The van der Waals surface area contributed by atoms with E-state index in [1.165, 1.54) is 0 Å². The fourth-order valence-electron chi connectivity index (χ4n) is 4.36. The van der Waals surface area contributed by atoms with Crippen molar-refractivity contribution in [3.8, 4) is 0 Å². The molecule has 0 radical (unpaired) electrons. The summed E-state index contributed by atoms with van der Waals surface area (Å²) in [6, 6.07) is 15.2. The van der Waals surface area contributed by atoms with Crippen molar-refractivity contribution in [2.75, 3.05) is 25.5 Å². The average Bonchev–Trinajstić information content (AvgIpc) is 3.06. The standard InChI is InChI=1S/C24H25ClN4O2/c1-27(2)11-6-12-28-20-10-4-3-9-18(20)22-19(15-30)23(24(26)31)29(14-21(22)28)17-8-5-7-16(25)13-17/h3-5,7-10,13,15H,6,11-12,14H2,1-2H3,(H2,26,31). The molecule has 1 aliphatic heterocycles. The van der Waals surface area contributed by atoms with E-state index in [1.807, 2.05) is 30.3 Å². The molecule has 31 heavy (non-hydrogen) atoms. The predicted molar refractivity (Wildman–Crippen MR) is 125 cm³/mol. The van der Waals surface area contributed by atoms with Gasteiger partial charge in [-0.15, -0.1) is 0 Å². The molecule has 0 fully saturated rings. The largest absolute Gasteiger partial charge is 0.364 e. The number of nitrogens with zero attached hydrogens (tertiary/aromatic N) is 3. The van der Waals surface area contributed by atoms with Crippen LogP contribution in [0, 0.1) is 0 Å². The second-order valence-corrected chi connectivity index (χ2v) is 8.39. The molecule has 0 aliphatic carbocycles. The number of aryl methyl sites for hydroxylation is 1. The van der Waals surface area contributed by atoms with E-state index in [2.05, 4.69) is 29.6 Å². The number of benzene rings is 2. The minimum Gasteiger partial charge on any atom is -0.364 e. The number of fused-ring (bicyclic) bond motifs is 3. The fraction of sp³-hybridized carbons (Fsp3) is 0.250. The lowest BCUT2D eigenvalue weighted by atomic mass is 9.95. The Morgan fingerprint density at radius 3 is 2.65 bits per heavy atom. The van der Waals surface area contributed by atoms with E-state index < -0.39 is 5.91 Å². The van der Waals surface area contributed by atoms with Crippen LogP contribution < -0.4 is 10.6 Å². The highest BCUT2D eigenvalue weighted by Crippen LogP contribution is 2.40. The molecular weight excluding hydrogens is 412 g/mol. The lowest BCUT2D eigenvalue weighted by Crippen LogP contribution is -2.36. The lowest BCUT2D eigenvalue weighted by molar-refractivity contribution is -0.115. The van der Waals surface area contributed by atoms with Gasteiger partial charge >= 0.3 is 0 Å². The van der Waals surface area contributed by atoms with Crippen LogP contribution >= 0.6 is 11.6 Å². The predicted octanol–water partition coefficient (Wildman–Crippen LogP) is 3.66. The summed E-state index contributed by atoms with van der Waals surface area (Å²) in [6.45, 7) is 2.17. The summed E-state index contributed by atoms with van der Waals surface area (Å²) in [5, 5.41) is 1.50. The SMILES string of the molecule is CN(C)CCCn1c2c(c3ccccc31)C(C=O)=C(C(N)=O)N(c1cccc(Cl)c1)C2. The molecule has 6 nitrogen and oxygen atoms in total. The molecule has 0 saturated heterocycles. The van der Waals surface area contributed by atoms with E-state index in [0.717, 1.165) is 53.6 Å². The Balaban J connectivity index is 1.95. The zero-order valence-corrected chi connectivity index (χ0v) is 18.4. The summed E-state index contributed by atoms with van der Waals surface area (Å²) in [5.41, 5.74) is 9.84. The Labute approximate surface area is 186 Å². The highest BCUT2D eigenvalue weighted by molar-refractivity contribution is 6.31. The van der Waals surface area contributed by atoms with Gasteiger partial charge in [0.1, 0.15) is 5.70 Å². The van der Waals surface area contributed by atoms with E-state index in [9.17, 15) is 9.59 Å². The van der Waals surface area contributed by atoms with Gasteiger partial charge in [-0.05, 0) is 51.3 Å². The maximum absolute atomic E-state index is 12.5. The minimum atomic E-state index is -0.642. The molecule has 2 heterocycles. The van der Waals surface area contributed by atoms with Crippen LogP contribution in [0.3, 0.4) is 0 Å². The zero-order chi connectivity index (χ0) is 22.1. The summed E-state index contributed by atoms with van der Waals surface area (Å²) in [7, 11) is 4.10. The molecule has 0 spiro atoms. The van der Waals surface area contributed by atoms with Crippen molar-refractivity contribution in [1.82, 2.24) is 9.47 Å². The van der Waals surface area contributed by atoms with E-state index in [4.69, 9.17) is 17.3 Å². The van der Waals surface area contributed by atoms with Crippen LogP contribution in [0.2, 0.25) is 5.02 Å². The van der Waals surface area contributed by atoms with Gasteiger partial charge in [0, 0.05) is 39.4 Å². The van der Waals surface area contributed by atoms with Crippen molar-refractivity contribution in [2.45, 2.75) is 19.5 Å². The summed E-state index contributed by atoms with van der Waals surface area (Å²) in [4.78, 5) is 28.8. The second kappa shape index (κ2) is 8.57. The first-order valence-electron chi connectivity index (χ1n) is 10.2. The molecule has 0 bridgehead atoms.